The molecule has 82 valence electrons. The van der Waals surface area contributed by atoms with E-state index < -0.39 is 17.9 Å². The zero-order valence-electron chi connectivity index (χ0n) is 8.56. The van der Waals surface area contributed by atoms with Crippen LogP contribution >= 0.6 is 0 Å². The maximum atomic E-state index is 11.5. The molecule has 1 aromatic rings. The Morgan fingerprint density at radius 1 is 1.25 bits per heavy atom. The Balaban J connectivity index is 2.04. The lowest BCUT2D eigenvalue weighted by Gasteiger charge is -2.10. The second-order valence-corrected chi connectivity index (χ2v) is 3.98. The van der Waals surface area contributed by atoms with Crippen LogP contribution in [0.4, 0.5) is 0 Å². The molecule has 0 aromatic heterocycles. The first-order chi connectivity index (χ1) is 7.75. The Morgan fingerprint density at radius 2 is 2.12 bits per heavy atom. The van der Waals surface area contributed by atoms with Crippen molar-refractivity contribution < 1.29 is 19.1 Å². The van der Waals surface area contributed by atoms with Crippen LogP contribution in [0.15, 0.2) is 18.2 Å². The Morgan fingerprint density at radius 3 is 2.88 bits per heavy atom. The van der Waals surface area contributed by atoms with Crippen molar-refractivity contribution in [3.05, 3.63) is 29.3 Å². The average Bonchev–Trinajstić information content (AvgIpc) is 2.84. The summed E-state index contributed by atoms with van der Waals surface area (Å²) in [4.78, 5) is 22.5. The number of hydrogen-bond donors (Lipinski definition) is 0. The van der Waals surface area contributed by atoms with E-state index in [1.54, 1.807) is 0 Å². The van der Waals surface area contributed by atoms with Gasteiger partial charge in [0.2, 0.25) is 0 Å². The molecule has 0 spiro atoms. The van der Waals surface area contributed by atoms with E-state index in [2.05, 4.69) is 4.74 Å². The van der Waals surface area contributed by atoms with Gasteiger partial charge >= 0.3 is 11.9 Å². The molecule has 0 bridgehead atoms. The van der Waals surface area contributed by atoms with Crippen molar-refractivity contribution in [3.8, 4) is 5.75 Å². The van der Waals surface area contributed by atoms with Gasteiger partial charge in [-0.2, -0.15) is 0 Å². The quantitative estimate of drug-likeness (QED) is 0.524. The summed E-state index contributed by atoms with van der Waals surface area (Å²) in [7, 11) is 0. The van der Waals surface area contributed by atoms with Gasteiger partial charge in [-0.05, 0) is 5.56 Å². The van der Waals surface area contributed by atoms with Gasteiger partial charge in [-0.25, -0.2) is 0 Å². The third kappa shape index (κ3) is 1.30. The number of cyclic esters (lactones) is 2. The number of ether oxygens (including phenoxy) is 2. The second-order valence-electron chi connectivity index (χ2n) is 3.98. The van der Waals surface area contributed by atoms with Crippen LogP contribution < -0.4 is 4.74 Å². The fourth-order valence-corrected chi connectivity index (χ4v) is 2.23. The highest BCUT2D eigenvalue weighted by molar-refractivity contribution is 5.98. The summed E-state index contributed by atoms with van der Waals surface area (Å²) in [5.74, 6) is -0.640. The van der Waals surface area contributed by atoms with Crippen LogP contribution in [0.25, 0.3) is 0 Å². The van der Waals surface area contributed by atoms with Crippen LogP contribution in [0.3, 0.4) is 0 Å². The minimum atomic E-state index is -0.486. The van der Waals surface area contributed by atoms with Gasteiger partial charge in [0.05, 0.1) is 18.9 Å². The molecule has 4 nitrogen and oxygen atoms in total. The zero-order valence-corrected chi connectivity index (χ0v) is 8.56. The molecule has 1 fully saturated rings. The number of esters is 2. The number of benzene rings is 1. The summed E-state index contributed by atoms with van der Waals surface area (Å²) in [6.45, 7) is 0.641. The van der Waals surface area contributed by atoms with Gasteiger partial charge in [0.25, 0.3) is 0 Å². The molecule has 0 N–H and O–H groups in total. The van der Waals surface area contributed by atoms with Crippen LogP contribution in [-0.2, 0) is 20.7 Å². The van der Waals surface area contributed by atoms with E-state index >= 15 is 0 Å². The molecule has 0 aliphatic carbocycles. The number of rotatable bonds is 1. The summed E-state index contributed by atoms with van der Waals surface area (Å²) in [5.41, 5.74) is 1.88. The third-order valence-corrected chi connectivity index (χ3v) is 2.99. The summed E-state index contributed by atoms with van der Waals surface area (Å²) in [6.07, 6.45) is 0.984. The number of para-hydroxylation sites is 1. The summed E-state index contributed by atoms with van der Waals surface area (Å²) >= 11 is 0. The summed E-state index contributed by atoms with van der Waals surface area (Å²) in [6, 6.07) is 5.70. The van der Waals surface area contributed by atoms with Gasteiger partial charge in [0, 0.05) is 12.0 Å². The lowest BCUT2D eigenvalue weighted by molar-refractivity contribution is -0.152. The molecule has 2 aliphatic rings. The fraction of sp³-hybridized carbons (Fsp3) is 0.333. The first-order valence-electron chi connectivity index (χ1n) is 5.25. The topological polar surface area (TPSA) is 52.6 Å². The van der Waals surface area contributed by atoms with Crippen LogP contribution in [-0.4, -0.2) is 18.5 Å². The molecule has 2 heterocycles. The van der Waals surface area contributed by atoms with E-state index in [1.807, 2.05) is 18.2 Å². The molecule has 4 heteroatoms. The molecule has 1 saturated heterocycles. The predicted molar refractivity (Wildman–Crippen MR) is 54.1 cm³/mol. The molecule has 1 unspecified atom stereocenters. The highest BCUT2D eigenvalue weighted by Crippen LogP contribution is 2.38. The van der Waals surface area contributed by atoms with Crippen LogP contribution in [0.2, 0.25) is 0 Å². The van der Waals surface area contributed by atoms with Crippen molar-refractivity contribution in [2.45, 2.75) is 18.8 Å². The minimum absolute atomic E-state index is 0.124. The molecule has 0 radical (unpaired) electrons. The fourth-order valence-electron chi connectivity index (χ4n) is 2.23. The largest absolute Gasteiger partial charge is 0.493 e. The highest BCUT2D eigenvalue weighted by Gasteiger charge is 2.37. The van der Waals surface area contributed by atoms with Gasteiger partial charge in [0.1, 0.15) is 5.75 Å². The third-order valence-electron chi connectivity index (χ3n) is 2.99. The standard InChI is InChI=1S/C12H10O4/c13-10-6-9(12(14)16-10)8-3-1-2-7-4-5-15-11(7)8/h1-3,9H,4-6H2. The molecule has 0 saturated carbocycles. The van der Waals surface area contributed by atoms with Gasteiger partial charge in [-0.1, -0.05) is 18.2 Å². The number of hydrogen-bond acceptors (Lipinski definition) is 4. The number of fused-ring (bicyclic) bond motifs is 1. The second kappa shape index (κ2) is 3.33. The maximum absolute atomic E-state index is 11.5. The normalized spacial score (nSPS) is 22.9. The summed E-state index contributed by atoms with van der Waals surface area (Å²) < 4.78 is 10.1. The van der Waals surface area contributed by atoms with Crippen molar-refractivity contribution in [2.24, 2.45) is 0 Å². The molecule has 16 heavy (non-hydrogen) atoms. The molecular formula is C12H10O4. The Kier molecular flexibility index (Phi) is 1.96. The highest BCUT2D eigenvalue weighted by atomic mass is 16.6. The molecule has 1 aromatic carbocycles. The van der Waals surface area contributed by atoms with E-state index in [1.165, 1.54) is 0 Å². The monoisotopic (exact) mass is 218 g/mol. The van der Waals surface area contributed by atoms with Gasteiger partial charge in [-0.3, -0.25) is 9.59 Å². The van der Waals surface area contributed by atoms with Crippen molar-refractivity contribution >= 4 is 11.9 Å². The number of carbonyl (C=O) groups is 2. The Hall–Kier alpha value is -1.84. The first-order valence-corrected chi connectivity index (χ1v) is 5.25. The minimum Gasteiger partial charge on any atom is -0.493 e. The van der Waals surface area contributed by atoms with Crippen LogP contribution in [0, 0.1) is 0 Å². The van der Waals surface area contributed by atoms with Crippen molar-refractivity contribution in [2.75, 3.05) is 6.61 Å². The SMILES string of the molecule is O=C1CC(c2cccc3c2OCC3)C(=O)O1. The Labute approximate surface area is 92.2 Å². The van der Waals surface area contributed by atoms with E-state index in [0.29, 0.717) is 6.61 Å². The molecular weight excluding hydrogens is 208 g/mol. The lowest BCUT2D eigenvalue weighted by atomic mass is 9.95. The molecule has 2 aliphatic heterocycles. The molecule has 1 atom stereocenters. The predicted octanol–water partition coefficient (Wildman–Crippen LogP) is 1.18. The zero-order chi connectivity index (χ0) is 11.1. The lowest BCUT2D eigenvalue weighted by Crippen LogP contribution is -2.07. The van der Waals surface area contributed by atoms with E-state index in [9.17, 15) is 9.59 Å². The van der Waals surface area contributed by atoms with Gasteiger partial charge < -0.3 is 9.47 Å². The molecule has 3 rings (SSSR count). The van der Waals surface area contributed by atoms with Crippen molar-refractivity contribution in [1.82, 2.24) is 0 Å². The van der Waals surface area contributed by atoms with Crippen LogP contribution in [0.1, 0.15) is 23.5 Å². The van der Waals surface area contributed by atoms with E-state index in [-0.39, 0.29) is 6.42 Å². The average molecular weight is 218 g/mol. The smallest absolute Gasteiger partial charge is 0.321 e. The molecule has 0 amide bonds. The Bertz CT molecular complexity index is 478. The van der Waals surface area contributed by atoms with Gasteiger partial charge in [0.15, 0.2) is 0 Å². The van der Waals surface area contributed by atoms with Crippen molar-refractivity contribution in [1.29, 1.82) is 0 Å². The summed E-state index contributed by atoms with van der Waals surface area (Å²) in [5, 5.41) is 0. The van der Waals surface area contributed by atoms with Gasteiger partial charge in [-0.15, -0.1) is 0 Å². The number of carbonyl (C=O) groups excluding carboxylic acids is 2. The van der Waals surface area contributed by atoms with Crippen LogP contribution in [0.5, 0.6) is 5.75 Å². The van der Waals surface area contributed by atoms with E-state index in [0.717, 1.165) is 23.3 Å². The van der Waals surface area contributed by atoms with E-state index in [4.69, 9.17) is 4.74 Å². The van der Waals surface area contributed by atoms with Crippen molar-refractivity contribution in [3.63, 3.8) is 0 Å². The first kappa shape index (κ1) is 9.39. The maximum Gasteiger partial charge on any atom is 0.321 e.